The number of carbonyl (C=O) groups excluding carboxylic acids is 3. The van der Waals surface area contributed by atoms with Crippen LogP contribution in [0.4, 0.5) is 4.79 Å². The first-order valence-corrected chi connectivity index (χ1v) is 12.4. The summed E-state index contributed by atoms with van der Waals surface area (Å²) in [5.41, 5.74) is 0.768. The number of hydrogen-bond acceptors (Lipinski definition) is 7. The molecule has 1 aromatic rings. The summed E-state index contributed by atoms with van der Waals surface area (Å²) in [6.07, 6.45) is 0.634. The summed E-state index contributed by atoms with van der Waals surface area (Å²) in [7, 11) is -4.61. The van der Waals surface area contributed by atoms with Crippen LogP contribution in [-0.2, 0) is 35.8 Å². The predicted octanol–water partition coefficient (Wildman–Crippen LogP) is 0.531. The molecule has 1 aliphatic rings. The molecule has 13 heteroatoms. The summed E-state index contributed by atoms with van der Waals surface area (Å²) in [4.78, 5) is 49.5. The smallest absolute Gasteiger partial charge is 0.410 e. The van der Waals surface area contributed by atoms with Crippen LogP contribution in [0.15, 0.2) is 30.3 Å². The van der Waals surface area contributed by atoms with Gasteiger partial charge in [0.15, 0.2) is 0 Å². The number of nitrogens with zero attached hydrogens (tertiary/aromatic N) is 1. The van der Waals surface area contributed by atoms with Crippen LogP contribution in [-0.4, -0.2) is 77.8 Å². The van der Waals surface area contributed by atoms with Crippen molar-refractivity contribution in [2.75, 3.05) is 18.8 Å². The lowest BCUT2D eigenvalue weighted by Crippen LogP contribution is -2.55. The van der Waals surface area contributed by atoms with Gasteiger partial charge >= 0.3 is 12.1 Å². The molecule has 3 amide bonds. The number of aliphatic carboxylic acids is 1. The summed E-state index contributed by atoms with van der Waals surface area (Å²) in [5, 5.41) is 13.3. The third-order valence-electron chi connectivity index (χ3n) is 5.12. The standard InChI is InChI=1S/C21H29N3O9S/c25-18(26)10-4-5-11-22-19(27)16(14-34(30,31)32)23-20(28)17-9-6-12-24(17)21(29)33-13-15-7-2-1-3-8-15/h1-3,7-8,16-17H,4-6,9-14H2,(H,22,27)(H,23,28)(H,25,26)(H,30,31,32). The maximum absolute atomic E-state index is 12.8. The number of nitrogens with one attached hydrogen (secondary N) is 2. The van der Waals surface area contributed by atoms with Crippen molar-refractivity contribution in [3.63, 3.8) is 0 Å². The van der Waals surface area contributed by atoms with Crippen LogP contribution in [0.25, 0.3) is 0 Å². The van der Waals surface area contributed by atoms with E-state index in [0.29, 0.717) is 25.7 Å². The Bertz CT molecular complexity index is 969. The van der Waals surface area contributed by atoms with E-state index in [1.54, 1.807) is 24.3 Å². The fraction of sp³-hybridized carbons (Fsp3) is 0.524. The summed E-state index contributed by atoms with van der Waals surface area (Å²) < 4.78 is 37.2. The molecule has 1 aromatic carbocycles. The maximum Gasteiger partial charge on any atom is 0.410 e. The molecule has 4 N–H and O–H groups in total. The number of ether oxygens (including phenoxy) is 1. The SMILES string of the molecule is O=C(O)CCCCNC(=O)C(CS(=O)(=O)O)NC(=O)C1CCCN1C(=O)OCc1ccccc1. The molecule has 0 radical (unpaired) electrons. The van der Waals surface area contributed by atoms with E-state index in [4.69, 9.17) is 9.84 Å². The molecule has 0 aromatic heterocycles. The van der Waals surface area contributed by atoms with Gasteiger partial charge in [-0.3, -0.25) is 23.8 Å². The number of benzene rings is 1. The van der Waals surface area contributed by atoms with Crippen LogP contribution in [0, 0.1) is 0 Å². The summed E-state index contributed by atoms with van der Waals surface area (Å²) in [6.45, 7) is 0.329. The lowest BCUT2D eigenvalue weighted by Gasteiger charge is -2.25. The van der Waals surface area contributed by atoms with Crippen molar-refractivity contribution in [3.8, 4) is 0 Å². The van der Waals surface area contributed by atoms with Crippen molar-refractivity contribution in [1.82, 2.24) is 15.5 Å². The number of likely N-dealkylation sites (tertiary alicyclic amines) is 1. The number of carboxylic acids is 1. The van der Waals surface area contributed by atoms with E-state index in [2.05, 4.69) is 10.6 Å². The number of rotatable bonds is 12. The number of unbranched alkanes of at least 4 members (excludes halogenated alkanes) is 1. The van der Waals surface area contributed by atoms with Gasteiger partial charge in [-0.2, -0.15) is 8.42 Å². The largest absolute Gasteiger partial charge is 0.481 e. The van der Waals surface area contributed by atoms with Gasteiger partial charge in [0.05, 0.1) is 0 Å². The minimum absolute atomic E-state index is 0.0141. The van der Waals surface area contributed by atoms with Crippen LogP contribution in [0.5, 0.6) is 0 Å². The van der Waals surface area contributed by atoms with Crippen LogP contribution in [0.1, 0.15) is 37.7 Å². The van der Waals surface area contributed by atoms with Crippen molar-refractivity contribution in [2.24, 2.45) is 0 Å². The van der Waals surface area contributed by atoms with E-state index < -0.39 is 51.8 Å². The van der Waals surface area contributed by atoms with E-state index in [1.165, 1.54) is 4.90 Å². The fourth-order valence-electron chi connectivity index (χ4n) is 3.46. The second kappa shape index (κ2) is 12.9. The van der Waals surface area contributed by atoms with Crippen molar-refractivity contribution in [3.05, 3.63) is 35.9 Å². The molecule has 12 nitrogen and oxygen atoms in total. The van der Waals surface area contributed by atoms with Crippen LogP contribution in [0.2, 0.25) is 0 Å². The van der Waals surface area contributed by atoms with Gasteiger partial charge in [0.2, 0.25) is 11.8 Å². The Morgan fingerprint density at radius 2 is 1.85 bits per heavy atom. The Morgan fingerprint density at radius 1 is 1.15 bits per heavy atom. The first-order valence-electron chi connectivity index (χ1n) is 10.8. The summed E-state index contributed by atoms with van der Waals surface area (Å²) >= 11 is 0. The van der Waals surface area contributed by atoms with Crippen LogP contribution >= 0.6 is 0 Å². The molecule has 0 saturated carbocycles. The van der Waals surface area contributed by atoms with Gasteiger partial charge in [0.25, 0.3) is 10.1 Å². The number of amides is 3. The van der Waals surface area contributed by atoms with Crippen molar-refractivity contribution in [2.45, 2.75) is 50.8 Å². The van der Waals surface area contributed by atoms with Crippen LogP contribution < -0.4 is 10.6 Å². The average molecular weight is 500 g/mol. The summed E-state index contributed by atoms with van der Waals surface area (Å²) in [6, 6.07) is 6.41. The Hall–Kier alpha value is -3.19. The van der Waals surface area contributed by atoms with Gasteiger partial charge in [-0.25, -0.2) is 4.79 Å². The molecule has 2 atom stereocenters. The van der Waals surface area contributed by atoms with Gasteiger partial charge in [-0.1, -0.05) is 30.3 Å². The van der Waals surface area contributed by atoms with Gasteiger partial charge in [0.1, 0.15) is 24.4 Å². The zero-order valence-corrected chi connectivity index (χ0v) is 19.3. The Labute approximate surface area is 197 Å². The molecular formula is C21H29N3O9S. The molecule has 1 fully saturated rings. The fourth-order valence-corrected chi connectivity index (χ4v) is 4.11. The van der Waals surface area contributed by atoms with Crippen LogP contribution in [0.3, 0.4) is 0 Å². The highest BCUT2D eigenvalue weighted by molar-refractivity contribution is 7.85. The molecule has 1 saturated heterocycles. The molecule has 2 rings (SSSR count). The first kappa shape index (κ1) is 27.1. The number of carbonyl (C=O) groups is 4. The minimum Gasteiger partial charge on any atom is -0.481 e. The number of carboxylic acid groups (broad SMARTS) is 1. The van der Waals surface area contributed by atoms with Crippen molar-refractivity contribution in [1.29, 1.82) is 0 Å². The lowest BCUT2D eigenvalue weighted by molar-refractivity contribution is -0.137. The maximum atomic E-state index is 12.8. The monoisotopic (exact) mass is 499 g/mol. The molecule has 188 valence electrons. The quantitative estimate of drug-likeness (QED) is 0.236. The zero-order valence-electron chi connectivity index (χ0n) is 18.5. The number of hydrogen-bond donors (Lipinski definition) is 4. The molecule has 1 heterocycles. The van der Waals surface area contributed by atoms with Crippen molar-refractivity contribution < 1.29 is 42.0 Å². The molecular weight excluding hydrogens is 470 g/mol. The van der Waals surface area contributed by atoms with Gasteiger partial charge in [-0.05, 0) is 31.2 Å². The second-order valence-electron chi connectivity index (χ2n) is 7.84. The Balaban J connectivity index is 1.95. The summed E-state index contributed by atoms with van der Waals surface area (Å²) in [5.74, 6) is -3.63. The van der Waals surface area contributed by atoms with E-state index in [0.717, 1.165) is 5.56 Å². The molecule has 2 unspecified atom stereocenters. The van der Waals surface area contributed by atoms with Gasteiger partial charge in [0, 0.05) is 19.5 Å². The third-order valence-corrected chi connectivity index (χ3v) is 5.88. The molecule has 1 aliphatic heterocycles. The van der Waals surface area contributed by atoms with Gasteiger partial charge in [-0.15, -0.1) is 0 Å². The van der Waals surface area contributed by atoms with Gasteiger partial charge < -0.3 is 20.5 Å². The highest BCUT2D eigenvalue weighted by atomic mass is 32.2. The molecule has 34 heavy (non-hydrogen) atoms. The minimum atomic E-state index is -4.61. The first-order chi connectivity index (χ1) is 16.1. The Morgan fingerprint density at radius 3 is 2.50 bits per heavy atom. The van der Waals surface area contributed by atoms with E-state index in [1.807, 2.05) is 6.07 Å². The van der Waals surface area contributed by atoms with E-state index in [9.17, 15) is 32.1 Å². The topological polar surface area (TPSA) is 179 Å². The van der Waals surface area contributed by atoms with Crippen molar-refractivity contribution >= 4 is 34.0 Å². The molecule has 0 bridgehead atoms. The normalized spacial score (nSPS) is 16.5. The highest BCUT2D eigenvalue weighted by Crippen LogP contribution is 2.19. The van der Waals surface area contributed by atoms with E-state index in [-0.39, 0.29) is 26.1 Å². The highest BCUT2D eigenvalue weighted by Gasteiger charge is 2.37. The lowest BCUT2D eigenvalue weighted by atomic mass is 10.2. The van der Waals surface area contributed by atoms with E-state index >= 15 is 0 Å². The molecule has 0 aliphatic carbocycles. The predicted molar refractivity (Wildman–Crippen MR) is 119 cm³/mol. The third kappa shape index (κ3) is 9.35. The average Bonchev–Trinajstić information content (AvgIpc) is 3.26. The molecule has 0 spiro atoms. The zero-order chi connectivity index (χ0) is 25.1. The Kier molecular flexibility index (Phi) is 10.3. The second-order valence-corrected chi connectivity index (χ2v) is 9.34.